The highest BCUT2D eigenvalue weighted by atomic mass is 79.9. The Labute approximate surface area is 140 Å². The van der Waals surface area contributed by atoms with E-state index in [9.17, 15) is 14.0 Å². The zero-order valence-corrected chi connectivity index (χ0v) is 13.6. The molecule has 0 aromatic heterocycles. The Morgan fingerprint density at radius 1 is 1.22 bits per heavy atom. The number of urea groups is 1. The average Bonchev–Trinajstić information content (AvgIpc) is 2.94. The number of halogens is 2. The molecular weight excluding hydrogens is 365 g/mol. The van der Waals surface area contributed by atoms with E-state index in [1.165, 1.54) is 18.2 Å². The van der Waals surface area contributed by atoms with Gasteiger partial charge in [0.15, 0.2) is 0 Å². The summed E-state index contributed by atoms with van der Waals surface area (Å²) < 4.78 is 13.5. The van der Waals surface area contributed by atoms with Crippen molar-refractivity contribution in [2.24, 2.45) is 0 Å². The maximum atomic E-state index is 13.1. The maximum Gasteiger partial charge on any atom is 0.321 e. The van der Waals surface area contributed by atoms with Gasteiger partial charge in [0.2, 0.25) is 0 Å². The van der Waals surface area contributed by atoms with E-state index in [2.05, 4.69) is 26.6 Å². The topological polar surface area (TPSA) is 61.4 Å². The van der Waals surface area contributed by atoms with Crippen LogP contribution >= 0.6 is 15.9 Å². The first kappa shape index (κ1) is 15.5. The Balaban J connectivity index is 1.73. The highest BCUT2D eigenvalue weighted by Gasteiger charge is 2.20. The summed E-state index contributed by atoms with van der Waals surface area (Å²) in [7, 11) is 0. The van der Waals surface area contributed by atoms with Crippen LogP contribution in [0.3, 0.4) is 0 Å². The lowest BCUT2D eigenvalue weighted by molar-refractivity contribution is 0.102. The van der Waals surface area contributed by atoms with Crippen molar-refractivity contribution in [3.63, 3.8) is 0 Å². The first-order chi connectivity index (χ1) is 11.0. The van der Waals surface area contributed by atoms with Crippen LogP contribution in [0.1, 0.15) is 10.4 Å². The molecule has 3 amide bonds. The van der Waals surface area contributed by atoms with E-state index in [1.54, 1.807) is 29.2 Å². The van der Waals surface area contributed by atoms with Crippen molar-refractivity contribution >= 4 is 39.2 Å². The first-order valence-electron chi connectivity index (χ1n) is 6.96. The predicted molar refractivity (Wildman–Crippen MR) is 89.2 cm³/mol. The number of rotatable bonds is 3. The standard InChI is InChI=1S/C16H13BrFN3O2/c17-14-9-10(18)1-6-13(14)15(22)20-11-2-4-12(5-3-11)21-8-7-19-16(21)23/h1-6,9H,7-8H2,(H,19,23)(H,20,22). The molecule has 2 N–H and O–H groups in total. The van der Waals surface area contributed by atoms with Gasteiger partial charge in [-0.3, -0.25) is 9.69 Å². The molecule has 7 heteroatoms. The number of benzene rings is 2. The van der Waals surface area contributed by atoms with Gasteiger partial charge in [0.25, 0.3) is 5.91 Å². The van der Waals surface area contributed by atoms with Crippen molar-refractivity contribution in [1.82, 2.24) is 5.32 Å². The molecule has 1 heterocycles. The van der Waals surface area contributed by atoms with E-state index < -0.39 is 5.82 Å². The Hall–Kier alpha value is -2.41. The molecule has 2 aromatic rings. The molecule has 0 saturated carbocycles. The zero-order chi connectivity index (χ0) is 16.4. The molecule has 1 fully saturated rings. The minimum atomic E-state index is -0.415. The number of hydrogen-bond donors (Lipinski definition) is 2. The fourth-order valence-electron chi connectivity index (χ4n) is 2.31. The van der Waals surface area contributed by atoms with Crippen molar-refractivity contribution in [1.29, 1.82) is 0 Å². The second kappa shape index (κ2) is 6.37. The molecule has 0 unspecified atom stereocenters. The van der Waals surface area contributed by atoms with Crippen LogP contribution in [0.4, 0.5) is 20.6 Å². The number of carbonyl (C=O) groups is 2. The van der Waals surface area contributed by atoms with E-state index >= 15 is 0 Å². The summed E-state index contributed by atoms with van der Waals surface area (Å²) in [5.41, 5.74) is 1.70. The minimum Gasteiger partial charge on any atom is -0.336 e. The molecule has 1 aliphatic heterocycles. The summed E-state index contributed by atoms with van der Waals surface area (Å²) in [5.74, 6) is -0.759. The van der Waals surface area contributed by atoms with E-state index in [0.29, 0.717) is 28.8 Å². The van der Waals surface area contributed by atoms with E-state index in [1.807, 2.05) is 0 Å². The van der Waals surface area contributed by atoms with Crippen LogP contribution in [0, 0.1) is 5.82 Å². The van der Waals surface area contributed by atoms with Crippen LogP contribution in [0.25, 0.3) is 0 Å². The number of anilines is 2. The molecule has 0 aliphatic carbocycles. The molecule has 0 radical (unpaired) electrons. The molecule has 0 atom stereocenters. The number of nitrogens with one attached hydrogen (secondary N) is 2. The fraction of sp³-hybridized carbons (Fsp3) is 0.125. The first-order valence-corrected chi connectivity index (χ1v) is 7.76. The second-order valence-corrected chi connectivity index (χ2v) is 5.86. The molecule has 0 bridgehead atoms. The van der Waals surface area contributed by atoms with Gasteiger partial charge in [-0.2, -0.15) is 0 Å². The van der Waals surface area contributed by atoms with Crippen molar-refractivity contribution in [3.8, 4) is 0 Å². The highest BCUT2D eigenvalue weighted by Crippen LogP contribution is 2.22. The maximum absolute atomic E-state index is 13.1. The summed E-state index contributed by atoms with van der Waals surface area (Å²) in [6.45, 7) is 1.24. The second-order valence-electron chi connectivity index (χ2n) is 5.01. The molecule has 1 aliphatic rings. The lowest BCUT2D eigenvalue weighted by Crippen LogP contribution is -2.27. The SMILES string of the molecule is O=C(Nc1ccc(N2CCNC2=O)cc1)c1ccc(F)cc1Br. The number of amides is 3. The Morgan fingerprint density at radius 3 is 2.57 bits per heavy atom. The van der Waals surface area contributed by atoms with Crippen LogP contribution < -0.4 is 15.5 Å². The third-order valence-corrected chi connectivity index (χ3v) is 4.13. The smallest absolute Gasteiger partial charge is 0.321 e. The molecule has 1 saturated heterocycles. The van der Waals surface area contributed by atoms with Gasteiger partial charge in [0.05, 0.1) is 5.56 Å². The van der Waals surface area contributed by atoms with Gasteiger partial charge < -0.3 is 10.6 Å². The van der Waals surface area contributed by atoms with Gasteiger partial charge in [-0.1, -0.05) is 0 Å². The molecule has 2 aromatic carbocycles. The third kappa shape index (κ3) is 3.34. The fourth-order valence-corrected chi connectivity index (χ4v) is 2.85. The lowest BCUT2D eigenvalue weighted by atomic mass is 10.2. The minimum absolute atomic E-state index is 0.128. The molecule has 3 rings (SSSR count). The largest absolute Gasteiger partial charge is 0.336 e. The summed E-state index contributed by atoms with van der Waals surface area (Å²) >= 11 is 3.17. The molecule has 5 nitrogen and oxygen atoms in total. The van der Waals surface area contributed by atoms with E-state index in [4.69, 9.17) is 0 Å². The molecule has 23 heavy (non-hydrogen) atoms. The van der Waals surface area contributed by atoms with Crippen molar-refractivity contribution in [2.45, 2.75) is 0 Å². The van der Waals surface area contributed by atoms with E-state index in [0.717, 1.165) is 5.69 Å². The van der Waals surface area contributed by atoms with Crippen LogP contribution in [0.2, 0.25) is 0 Å². The number of nitrogens with zero attached hydrogens (tertiary/aromatic N) is 1. The summed E-state index contributed by atoms with van der Waals surface area (Å²) in [6, 6.07) is 10.7. The van der Waals surface area contributed by atoms with Crippen molar-refractivity contribution in [2.75, 3.05) is 23.3 Å². The summed E-state index contributed by atoms with van der Waals surface area (Å²) in [4.78, 5) is 25.4. The Morgan fingerprint density at radius 2 is 1.96 bits per heavy atom. The number of carbonyl (C=O) groups excluding carboxylic acids is 2. The quantitative estimate of drug-likeness (QED) is 0.861. The van der Waals surface area contributed by atoms with Crippen molar-refractivity contribution < 1.29 is 14.0 Å². The predicted octanol–water partition coefficient (Wildman–Crippen LogP) is 3.37. The summed E-state index contributed by atoms with van der Waals surface area (Å²) in [6.07, 6.45) is 0. The molecular formula is C16H13BrFN3O2. The lowest BCUT2D eigenvalue weighted by Gasteiger charge is -2.15. The van der Waals surface area contributed by atoms with Crippen LogP contribution in [-0.2, 0) is 0 Å². The van der Waals surface area contributed by atoms with Crippen molar-refractivity contribution in [3.05, 3.63) is 58.3 Å². The third-order valence-electron chi connectivity index (χ3n) is 3.47. The summed E-state index contributed by atoms with van der Waals surface area (Å²) in [5, 5.41) is 5.47. The van der Waals surface area contributed by atoms with Gasteiger partial charge in [0.1, 0.15) is 5.82 Å². The van der Waals surface area contributed by atoms with E-state index in [-0.39, 0.29) is 11.9 Å². The Bertz CT molecular complexity index is 764. The molecule has 0 spiro atoms. The zero-order valence-electron chi connectivity index (χ0n) is 12.0. The van der Waals surface area contributed by atoms with Crippen LogP contribution in [-0.4, -0.2) is 25.0 Å². The van der Waals surface area contributed by atoms with Crippen LogP contribution in [0.5, 0.6) is 0 Å². The normalized spacial score (nSPS) is 13.8. The van der Waals surface area contributed by atoms with Gasteiger partial charge in [-0.15, -0.1) is 0 Å². The van der Waals surface area contributed by atoms with Gasteiger partial charge >= 0.3 is 6.03 Å². The monoisotopic (exact) mass is 377 g/mol. The Kier molecular flexibility index (Phi) is 4.29. The molecule has 118 valence electrons. The van der Waals surface area contributed by atoms with Gasteiger partial charge in [-0.25, -0.2) is 9.18 Å². The van der Waals surface area contributed by atoms with Gasteiger partial charge in [-0.05, 0) is 58.4 Å². The average molecular weight is 378 g/mol. The number of hydrogen-bond acceptors (Lipinski definition) is 2. The van der Waals surface area contributed by atoms with Crippen LogP contribution in [0.15, 0.2) is 46.9 Å². The van der Waals surface area contributed by atoms with Gasteiger partial charge in [0, 0.05) is 28.9 Å². The highest BCUT2D eigenvalue weighted by molar-refractivity contribution is 9.10.